The van der Waals surface area contributed by atoms with Crippen LogP contribution >= 0.6 is 0 Å². The predicted molar refractivity (Wildman–Crippen MR) is 46.0 cm³/mol. The molecule has 0 saturated carbocycles. The van der Waals surface area contributed by atoms with E-state index in [1.807, 2.05) is 0 Å². The summed E-state index contributed by atoms with van der Waals surface area (Å²) in [5, 5.41) is 0. The molecule has 1 atom stereocenters. The Kier molecular flexibility index (Phi) is 2.01. The van der Waals surface area contributed by atoms with Gasteiger partial charge in [0.1, 0.15) is 5.78 Å². The minimum Gasteiger partial charge on any atom is -0.768 e. The van der Waals surface area contributed by atoms with Gasteiger partial charge in [0.25, 0.3) is 0 Å². The van der Waals surface area contributed by atoms with Crippen molar-refractivity contribution in [2.45, 2.75) is 17.7 Å². The summed E-state index contributed by atoms with van der Waals surface area (Å²) in [6.45, 7) is 0. The molecule has 2 rings (SSSR count). The van der Waals surface area contributed by atoms with E-state index in [2.05, 4.69) is 0 Å². The van der Waals surface area contributed by atoms with Gasteiger partial charge in [-0.2, -0.15) is 0 Å². The highest BCUT2D eigenvalue weighted by Crippen LogP contribution is 2.21. The van der Waals surface area contributed by atoms with Crippen LogP contribution in [-0.4, -0.2) is 14.5 Å². The van der Waals surface area contributed by atoms with E-state index in [4.69, 9.17) is 0 Å². The van der Waals surface area contributed by atoms with Gasteiger partial charge < -0.3 is 4.55 Å². The fraction of sp³-hybridized carbons (Fsp3) is 0.222. The molecule has 0 aromatic heterocycles. The van der Waals surface area contributed by atoms with Crippen LogP contribution in [0.2, 0.25) is 0 Å². The van der Waals surface area contributed by atoms with Crippen molar-refractivity contribution in [1.29, 1.82) is 0 Å². The lowest BCUT2D eigenvalue weighted by molar-refractivity contribution is -0.117. The van der Waals surface area contributed by atoms with Gasteiger partial charge in [-0.25, -0.2) is 0 Å². The second-order valence-corrected chi connectivity index (χ2v) is 4.00. The van der Waals surface area contributed by atoms with Gasteiger partial charge in [0.15, 0.2) is 0 Å². The van der Waals surface area contributed by atoms with Gasteiger partial charge >= 0.3 is 0 Å². The molecule has 0 saturated heterocycles. The summed E-state index contributed by atoms with van der Waals surface area (Å²) in [4.78, 5) is 11.3. The molecule has 1 aromatic rings. The Morgan fingerprint density at radius 1 is 1.23 bits per heavy atom. The van der Waals surface area contributed by atoms with Crippen LogP contribution in [0.15, 0.2) is 23.1 Å². The number of benzene rings is 1. The van der Waals surface area contributed by atoms with E-state index >= 15 is 0 Å². The topological polar surface area (TPSA) is 57.2 Å². The molecule has 0 amide bonds. The number of Topliss-reactive ketones (excluding diaryl/α,β-unsaturated/α-hetero) is 1. The third kappa shape index (κ3) is 1.55. The highest BCUT2D eigenvalue weighted by Gasteiger charge is 2.18. The fourth-order valence-electron chi connectivity index (χ4n) is 1.53. The number of fused-ring (bicyclic) bond motifs is 1. The Morgan fingerprint density at radius 3 is 2.62 bits per heavy atom. The highest BCUT2D eigenvalue weighted by molar-refractivity contribution is 7.79. The van der Waals surface area contributed by atoms with Gasteiger partial charge in [-0.15, -0.1) is 0 Å². The summed E-state index contributed by atoms with van der Waals surface area (Å²) in [7, 11) is 0. The SMILES string of the molecule is O=C1Cc2ccc(S(=O)[O-])cc2C1. The van der Waals surface area contributed by atoms with Crippen LogP contribution in [0.5, 0.6) is 0 Å². The van der Waals surface area contributed by atoms with Gasteiger partial charge in [-0.1, -0.05) is 6.07 Å². The predicted octanol–water partition coefficient (Wildman–Crippen LogP) is 0.592. The van der Waals surface area contributed by atoms with Crippen molar-refractivity contribution in [1.82, 2.24) is 0 Å². The molecule has 1 aromatic carbocycles. The van der Waals surface area contributed by atoms with Crippen LogP contribution in [0.1, 0.15) is 11.1 Å². The van der Waals surface area contributed by atoms with E-state index in [-0.39, 0.29) is 10.7 Å². The van der Waals surface area contributed by atoms with Crippen LogP contribution in [0.4, 0.5) is 0 Å². The second kappa shape index (κ2) is 3.05. The zero-order valence-electron chi connectivity index (χ0n) is 6.78. The van der Waals surface area contributed by atoms with E-state index in [0.29, 0.717) is 12.8 Å². The Morgan fingerprint density at radius 2 is 1.92 bits per heavy atom. The monoisotopic (exact) mass is 195 g/mol. The summed E-state index contributed by atoms with van der Waals surface area (Å²) < 4.78 is 21.2. The normalized spacial score (nSPS) is 17.2. The Labute approximate surface area is 78.1 Å². The molecule has 0 aliphatic heterocycles. The fourth-order valence-corrected chi connectivity index (χ4v) is 1.95. The lowest BCUT2D eigenvalue weighted by Crippen LogP contribution is -1.93. The molecule has 68 valence electrons. The minimum absolute atomic E-state index is 0.156. The van der Waals surface area contributed by atoms with Crippen molar-refractivity contribution in [2.24, 2.45) is 0 Å². The van der Waals surface area contributed by atoms with Crippen LogP contribution in [0.25, 0.3) is 0 Å². The summed E-state index contributed by atoms with van der Waals surface area (Å²) in [6.07, 6.45) is 0.821. The summed E-state index contributed by atoms with van der Waals surface area (Å²) in [6, 6.07) is 4.81. The highest BCUT2D eigenvalue weighted by atomic mass is 32.2. The number of hydrogen-bond acceptors (Lipinski definition) is 3. The molecule has 0 fully saturated rings. The van der Waals surface area contributed by atoms with Gasteiger partial charge in [0, 0.05) is 17.7 Å². The van der Waals surface area contributed by atoms with E-state index < -0.39 is 11.1 Å². The number of carbonyl (C=O) groups excluding carboxylic acids is 1. The standard InChI is InChI=1S/C9H8O3S/c10-8-3-6-1-2-9(13(11)12)5-7(6)4-8/h1-2,5H,3-4H2,(H,11,12)/p-1. The number of hydrogen-bond donors (Lipinski definition) is 0. The number of carbonyl (C=O) groups is 1. The lowest BCUT2D eigenvalue weighted by atomic mass is 10.1. The molecular weight excluding hydrogens is 188 g/mol. The van der Waals surface area contributed by atoms with E-state index in [1.54, 1.807) is 12.1 Å². The maximum Gasteiger partial charge on any atom is 0.141 e. The molecule has 0 N–H and O–H groups in total. The summed E-state index contributed by atoms with van der Waals surface area (Å²) in [5.41, 5.74) is 1.81. The Bertz CT molecular complexity index is 398. The van der Waals surface area contributed by atoms with Crippen molar-refractivity contribution < 1.29 is 13.6 Å². The summed E-state index contributed by atoms with van der Waals surface area (Å²) in [5.74, 6) is 0.156. The lowest BCUT2D eigenvalue weighted by Gasteiger charge is -2.06. The molecule has 0 spiro atoms. The average Bonchev–Trinajstić information content (AvgIpc) is 2.42. The zero-order chi connectivity index (χ0) is 9.42. The van der Waals surface area contributed by atoms with Gasteiger partial charge in [-0.3, -0.25) is 9.00 Å². The number of ketones is 1. The van der Waals surface area contributed by atoms with Crippen molar-refractivity contribution in [2.75, 3.05) is 0 Å². The second-order valence-electron chi connectivity index (χ2n) is 3.06. The molecule has 0 radical (unpaired) electrons. The van der Waals surface area contributed by atoms with E-state index in [1.165, 1.54) is 6.07 Å². The largest absolute Gasteiger partial charge is 0.768 e. The number of rotatable bonds is 1. The molecule has 0 heterocycles. The molecule has 13 heavy (non-hydrogen) atoms. The minimum atomic E-state index is -2.19. The van der Waals surface area contributed by atoms with E-state index in [9.17, 15) is 13.6 Å². The first-order valence-electron chi connectivity index (χ1n) is 3.89. The first-order valence-corrected chi connectivity index (χ1v) is 4.97. The zero-order valence-corrected chi connectivity index (χ0v) is 7.60. The van der Waals surface area contributed by atoms with Crippen LogP contribution in [-0.2, 0) is 28.7 Å². The van der Waals surface area contributed by atoms with Crippen molar-refractivity contribution in [3.8, 4) is 0 Å². The molecule has 3 nitrogen and oxygen atoms in total. The quantitative estimate of drug-likeness (QED) is 0.616. The van der Waals surface area contributed by atoms with Crippen molar-refractivity contribution in [3.05, 3.63) is 29.3 Å². The Hall–Kier alpha value is -1.00. The van der Waals surface area contributed by atoms with E-state index in [0.717, 1.165) is 11.1 Å². The van der Waals surface area contributed by atoms with Crippen LogP contribution in [0.3, 0.4) is 0 Å². The average molecular weight is 195 g/mol. The van der Waals surface area contributed by atoms with Gasteiger partial charge in [0.2, 0.25) is 0 Å². The molecule has 4 heteroatoms. The maximum atomic E-state index is 11.0. The van der Waals surface area contributed by atoms with Gasteiger partial charge in [0.05, 0.1) is 0 Å². The van der Waals surface area contributed by atoms with Crippen molar-refractivity contribution in [3.63, 3.8) is 0 Å². The van der Waals surface area contributed by atoms with Crippen LogP contribution in [0, 0.1) is 0 Å². The van der Waals surface area contributed by atoms with Crippen molar-refractivity contribution >= 4 is 16.9 Å². The summed E-state index contributed by atoms with van der Waals surface area (Å²) >= 11 is -2.19. The van der Waals surface area contributed by atoms with Gasteiger partial charge in [-0.05, 0) is 34.3 Å². The first kappa shape index (κ1) is 8.59. The maximum absolute atomic E-state index is 11.0. The molecule has 1 aliphatic rings. The molecule has 0 bridgehead atoms. The third-order valence-electron chi connectivity index (χ3n) is 2.15. The Balaban J connectivity index is 2.45. The molecule has 1 unspecified atom stereocenters. The molecular formula is C9H7O3S-. The molecule has 1 aliphatic carbocycles. The smallest absolute Gasteiger partial charge is 0.141 e. The van der Waals surface area contributed by atoms with Crippen LogP contribution < -0.4 is 0 Å². The first-order chi connectivity index (χ1) is 6.16. The third-order valence-corrected chi connectivity index (χ3v) is 2.78.